The fourth-order valence-corrected chi connectivity index (χ4v) is 2.99. The summed E-state index contributed by atoms with van der Waals surface area (Å²) in [7, 11) is 0. The van der Waals surface area contributed by atoms with Gasteiger partial charge in [-0.15, -0.1) is 11.3 Å². The molecule has 23 heavy (non-hydrogen) atoms. The molecule has 0 aliphatic rings. The fraction of sp³-hybridized carbons (Fsp3) is 0.235. The molecular formula is C17H18N4OS. The van der Waals surface area contributed by atoms with Gasteiger partial charge in [-0.25, -0.2) is 5.43 Å². The van der Waals surface area contributed by atoms with E-state index in [1.54, 1.807) is 13.1 Å². The first-order valence-electron chi connectivity index (χ1n) is 7.16. The van der Waals surface area contributed by atoms with Gasteiger partial charge in [0, 0.05) is 0 Å². The highest BCUT2D eigenvalue weighted by Crippen LogP contribution is 2.29. The fourth-order valence-electron chi connectivity index (χ4n) is 2.07. The molecule has 5 nitrogen and oxygen atoms in total. The second-order valence-corrected chi connectivity index (χ2v) is 6.48. The van der Waals surface area contributed by atoms with E-state index < -0.39 is 0 Å². The number of nitrogens with one attached hydrogen (secondary N) is 1. The summed E-state index contributed by atoms with van der Waals surface area (Å²) in [4.78, 5) is 12.5. The summed E-state index contributed by atoms with van der Waals surface area (Å²) < 4.78 is 0. The standard InChI is InChI=1S/C17H18N4OS/c1-10(2)13-6-4-12(5-7-13)9-20-21-17(22)15-11(3)14(8-18)16(19)23-15/h4-7,9-10H,19H2,1-3H3,(H,21,22)/b20-9-. The molecule has 0 atom stereocenters. The number of carbonyl (C=O) groups excluding carboxylic acids is 1. The third kappa shape index (κ3) is 3.76. The van der Waals surface area contributed by atoms with Crippen LogP contribution >= 0.6 is 11.3 Å². The molecule has 1 heterocycles. The summed E-state index contributed by atoms with van der Waals surface area (Å²) in [5, 5.41) is 13.3. The highest BCUT2D eigenvalue weighted by atomic mass is 32.1. The molecule has 1 amide bonds. The lowest BCUT2D eigenvalue weighted by Crippen LogP contribution is -2.17. The van der Waals surface area contributed by atoms with Gasteiger partial charge in [0.15, 0.2) is 0 Å². The molecule has 3 N–H and O–H groups in total. The van der Waals surface area contributed by atoms with Gasteiger partial charge in [0.1, 0.15) is 15.9 Å². The number of nitrogen functional groups attached to an aromatic ring is 1. The van der Waals surface area contributed by atoms with E-state index in [-0.39, 0.29) is 5.91 Å². The van der Waals surface area contributed by atoms with Crippen LogP contribution in [0.4, 0.5) is 5.00 Å². The minimum atomic E-state index is -0.365. The van der Waals surface area contributed by atoms with Gasteiger partial charge in [0.25, 0.3) is 5.91 Å². The van der Waals surface area contributed by atoms with E-state index in [1.807, 2.05) is 30.3 Å². The Morgan fingerprint density at radius 1 is 1.39 bits per heavy atom. The van der Waals surface area contributed by atoms with Gasteiger partial charge in [-0.1, -0.05) is 38.1 Å². The van der Waals surface area contributed by atoms with Gasteiger partial charge in [0.2, 0.25) is 0 Å². The van der Waals surface area contributed by atoms with Gasteiger partial charge >= 0.3 is 0 Å². The van der Waals surface area contributed by atoms with Crippen molar-refractivity contribution in [1.29, 1.82) is 5.26 Å². The summed E-state index contributed by atoms with van der Waals surface area (Å²) >= 11 is 1.09. The molecule has 0 spiro atoms. The van der Waals surface area contributed by atoms with E-state index >= 15 is 0 Å². The predicted octanol–water partition coefficient (Wildman–Crippen LogP) is 3.40. The van der Waals surface area contributed by atoms with Crippen molar-refractivity contribution in [2.24, 2.45) is 5.10 Å². The summed E-state index contributed by atoms with van der Waals surface area (Å²) in [5.74, 6) is 0.109. The Balaban J connectivity index is 2.06. The number of nitriles is 1. The molecule has 2 rings (SSSR count). The zero-order valence-electron chi connectivity index (χ0n) is 13.3. The maximum absolute atomic E-state index is 12.1. The average Bonchev–Trinajstić information content (AvgIpc) is 2.82. The molecule has 0 radical (unpaired) electrons. The van der Waals surface area contributed by atoms with Crippen molar-refractivity contribution in [3.05, 3.63) is 51.4 Å². The first-order valence-corrected chi connectivity index (χ1v) is 7.98. The van der Waals surface area contributed by atoms with Crippen LogP contribution < -0.4 is 11.2 Å². The van der Waals surface area contributed by atoms with Crippen molar-refractivity contribution in [3.63, 3.8) is 0 Å². The topological polar surface area (TPSA) is 91.3 Å². The van der Waals surface area contributed by atoms with Crippen LogP contribution in [0.3, 0.4) is 0 Å². The molecule has 2 aromatic rings. The van der Waals surface area contributed by atoms with Gasteiger partial charge in [-0.3, -0.25) is 4.79 Å². The number of hydrogen-bond acceptors (Lipinski definition) is 5. The molecule has 1 aromatic heterocycles. The number of carbonyl (C=O) groups is 1. The normalized spacial score (nSPS) is 10.9. The minimum absolute atomic E-state index is 0.350. The van der Waals surface area contributed by atoms with Crippen molar-refractivity contribution in [2.45, 2.75) is 26.7 Å². The van der Waals surface area contributed by atoms with Crippen LogP contribution in [0.25, 0.3) is 0 Å². The first-order chi connectivity index (χ1) is 10.9. The van der Waals surface area contributed by atoms with Crippen LogP contribution in [0.1, 0.15) is 51.7 Å². The van der Waals surface area contributed by atoms with Crippen molar-refractivity contribution in [2.75, 3.05) is 5.73 Å². The number of benzene rings is 1. The lowest BCUT2D eigenvalue weighted by atomic mass is 10.0. The smallest absolute Gasteiger partial charge is 0.281 e. The molecule has 0 saturated carbocycles. The first kappa shape index (κ1) is 16.7. The SMILES string of the molecule is Cc1c(C(=O)N/N=C\c2ccc(C(C)C)cc2)sc(N)c1C#N. The number of nitrogens with two attached hydrogens (primary N) is 1. The van der Waals surface area contributed by atoms with Crippen molar-refractivity contribution in [1.82, 2.24) is 5.43 Å². The molecule has 6 heteroatoms. The van der Waals surface area contributed by atoms with Crippen LogP contribution in [0.5, 0.6) is 0 Å². The summed E-state index contributed by atoms with van der Waals surface area (Å²) in [6.45, 7) is 5.97. The molecule has 0 saturated heterocycles. The Morgan fingerprint density at radius 2 is 2.04 bits per heavy atom. The van der Waals surface area contributed by atoms with Crippen molar-refractivity contribution >= 4 is 28.5 Å². The number of hydrogen-bond donors (Lipinski definition) is 2. The molecule has 0 aliphatic carbocycles. The molecule has 0 bridgehead atoms. The van der Waals surface area contributed by atoms with E-state index in [0.717, 1.165) is 16.9 Å². The van der Waals surface area contributed by atoms with Gasteiger partial charge in [-0.05, 0) is 29.5 Å². The minimum Gasteiger partial charge on any atom is -0.389 e. The highest BCUT2D eigenvalue weighted by molar-refractivity contribution is 7.18. The molecule has 0 unspecified atom stereocenters. The maximum atomic E-state index is 12.1. The Kier molecular flexibility index (Phi) is 5.14. The molecular weight excluding hydrogens is 308 g/mol. The van der Waals surface area contributed by atoms with Gasteiger partial charge in [-0.2, -0.15) is 10.4 Å². The van der Waals surface area contributed by atoms with Crippen LogP contribution in [0, 0.1) is 18.3 Å². The third-order valence-corrected chi connectivity index (χ3v) is 4.59. The highest BCUT2D eigenvalue weighted by Gasteiger charge is 2.18. The van der Waals surface area contributed by atoms with E-state index in [9.17, 15) is 4.79 Å². The predicted molar refractivity (Wildman–Crippen MR) is 93.8 cm³/mol. The lowest BCUT2D eigenvalue weighted by Gasteiger charge is -2.04. The van der Waals surface area contributed by atoms with Crippen LogP contribution in [0.15, 0.2) is 29.4 Å². The zero-order chi connectivity index (χ0) is 17.0. The van der Waals surface area contributed by atoms with E-state index in [2.05, 4.69) is 24.4 Å². The van der Waals surface area contributed by atoms with Crippen LogP contribution in [0.2, 0.25) is 0 Å². The summed E-state index contributed by atoms with van der Waals surface area (Å²) in [5.41, 5.74) is 11.3. The summed E-state index contributed by atoms with van der Waals surface area (Å²) in [6, 6.07) is 9.98. The Morgan fingerprint density at radius 3 is 2.57 bits per heavy atom. The monoisotopic (exact) mass is 326 g/mol. The maximum Gasteiger partial charge on any atom is 0.281 e. The lowest BCUT2D eigenvalue weighted by molar-refractivity contribution is 0.0958. The van der Waals surface area contributed by atoms with Gasteiger partial charge < -0.3 is 5.73 Å². The largest absolute Gasteiger partial charge is 0.389 e. The van der Waals surface area contributed by atoms with Crippen molar-refractivity contribution < 1.29 is 4.79 Å². The number of hydrazone groups is 1. The molecule has 118 valence electrons. The van der Waals surface area contributed by atoms with E-state index in [0.29, 0.717) is 26.9 Å². The molecule has 0 fully saturated rings. The van der Waals surface area contributed by atoms with Crippen molar-refractivity contribution in [3.8, 4) is 6.07 Å². The Bertz CT molecular complexity index is 782. The number of nitrogens with zero attached hydrogens (tertiary/aromatic N) is 2. The van der Waals surface area contributed by atoms with Crippen LogP contribution in [-0.2, 0) is 0 Å². The number of anilines is 1. The number of amides is 1. The van der Waals surface area contributed by atoms with E-state index in [1.165, 1.54) is 5.56 Å². The zero-order valence-corrected chi connectivity index (χ0v) is 14.1. The van der Waals surface area contributed by atoms with E-state index in [4.69, 9.17) is 11.0 Å². The number of thiophene rings is 1. The second-order valence-electron chi connectivity index (χ2n) is 5.43. The summed E-state index contributed by atoms with van der Waals surface area (Å²) in [6.07, 6.45) is 1.58. The number of rotatable bonds is 4. The third-order valence-electron chi connectivity index (χ3n) is 3.47. The quantitative estimate of drug-likeness (QED) is 0.666. The average molecular weight is 326 g/mol. The molecule has 0 aliphatic heterocycles. The Hall–Kier alpha value is -2.65. The Labute approximate surface area is 139 Å². The molecule has 1 aromatic carbocycles. The van der Waals surface area contributed by atoms with Crippen LogP contribution in [-0.4, -0.2) is 12.1 Å². The second kappa shape index (κ2) is 7.07. The van der Waals surface area contributed by atoms with Gasteiger partial charge in [0.05, 0.1) is 11.8 Å².